The number of fused-ring (bicyclic) bond motifs is 4. The van der Waals surface area contributed by atoms with Crippen molar-refractivity contribution in [3.63, 3.8) is 0 Å². The van der Waals surface area contributed by atoms with Crippen molar-refractivity contribution in [2.75, 3.05) is 11.4 Å². The minimum Gasteiger partial charge on any atom is -0.508 e. The molecule has 10 heteroatoms. The topological polar surface area (TPSA) is 95.0 Å². The number of aromatic hydroxyl groups is 1. The maximum atomic E-state index is 14.2. The molecule has 4 aliphatic rings. The summed E-state index contributed by atoms with van der Waals surface area (Å²) < 4.78 is 13.7. The molecule has 6 unspecified atom stereocenters. The predicted octanol–water partition coefficient (Wildman–Crippen LogP) is 4.50. The van der Waals surface area contributed by atoms with Gasteiger partial charge in [-0.15, -0.1) is 23.2 Å². The molecule has 202 valence electrons. The summed E-state index contributed by atoms with van der Waals surface area (Å²) in [7, 11) is 0. The number of phenols is 1. The second kappa shape index (κ2) is 8.89. The van der Waals surface area contributed by atoms with Crippen molar-refractivity contribution in [3.8, 4) is 5.75 Å². The minimum atomic E-state index is -2.02. The third-order valence-electron chi connectivity index (χ3n) is 8.64. The van der Waals surface area contributed by atoms with Crippen LogP contribution in [0.4, 0.5) is 10.1 Å². The van der Waals surface area contributed by atoms with Gasteiger partial charge in [-0.25, -0.2) is 9.29 Å². The Morgan fingerprint density at radius 1 is 1.00 bits per heavy atom. The highest BCUT2D eigenvalue weighted by Crippen LogP contribution is 2.65. The molecule has 0 spiro atoms. The van der Waals surface area contributed by atoms with Crippen LogP contribution < -0.4 is 4.90 Å². The fourth-order valence-electron chi connectivity index (χ4n) is 6.99. The third kappa shape index (κ3) is 3.40. The summed E-state index contributed by atoms with van der Waals surface area (Å²) in [6, 6.07) is 11.1. The SMILES string of the molecule is CCCN1C(=O)C2CC=C3C(CC4(Cl)C(=O)N(c5ccc(F)cc5)C(=O)C4(Cl)C3c3cccc(O)c3)C2C1=O. The zero-order valence-corrected chi connectivity index (χ0v) is 22.5. The maximum absolute atomic E-state index is 14.2. The molecule has 2 aromatic carbocycles. The Kier molecular flexibility index (Phi) is 5.93. The van der Waals surface area contributed by atoms with Crippen LogP contribution in [0.15, 0.2) is 60.2 Å². The van der Waals surface area contributed by atoms with Crippen molar-refractivity contribution in [3.05, 3.63) is 71.6 Å². The van der Waals surface area contributed by atoms with E-state index in [9.17, 15) is 28.7 Å². The molecule has 4 amide bonds. The van der Waals surface area contributed by atoms with E-state index < -0.39 is 51.1 Å². The summed E-state index contributed by atoms with van der Waals surface area (Å²) in [5.74, 6) is -5.67. The molecule has 2 saturated heterocycles. The number of imide groups is 2. The Bertz CT molecular complexity index is 1460. The highest BCUT2D eigenvalue weighted by molar-refractivity contribution is 6.58. The quantitative estimate of drug-likeness (QED) is 0.331. The van der Waals surface area contributed by atoms with Gasteiger partial charge in [-0.2, -0.15) is 0 Å². The number of rotatable bonds is 4. The molecular weight excluding hydrogens is 546 g/mol. The van der Waals surface area contributed by atoms with Crippen LogP contribution in [-0.2, 0) is 19.2 Å². The second-order valence-corrected chi connectivity index (χ2v) is 11.9. The van der Waals surface area contributed by atoms with Crippen LogP contribution in [-0.4, -0.2) is 49.9 Å². The number of nitrogens with zero attached hydrogens (tertiary/aromatic N) is 2. The highest BCUT2D eigenvalue weighted by Gasteiger charge is 2.76. The summed E-state index contributed by atoms with van der Waals surface area (Å²) in [6.07, 6.45) is 2.60. The molecule has 6 rings (SSSR count). The highest BCUT2D eigenvalue weighted by atomic mass is 35.5. The lowest BCUT2D eigenvalue weighted by Gasteiger charge is -2.50. The molecule has 0 aromatic heterocycles. The van der Waals surface area contributed by atoms with Crippen molar-refractivity contribution in [1.29, 1.82) is 0 Å². The molecule has 0 radical (unpaired) electrons. The Balaban J connectivity index is 1.55. The molecular formula is C29H25Cl2FN2O5. The monoisotopic (exact) mass is 570 g/mol. The molecule has 2 aliphatic heterocycles. The Morgan fingerprint density at radius 3 is 2.38 bits per heavy atom. The van der Waals surface area contributed by atoms with Crippen molar-refractivity contribution < 1.29 is 28.7 Å². The third-order valence-corrected chi connectivity index (χ3v) is 10.1. The lowest BCUT2D eigenvalue weighted by atomic mass is 9.56. The van der Waals surface area contributed by atoms with Gasteiger partial charge in [0.25, 0.3) is 11.8 Å². The Hall–Kier alpha value is -3.23. The average molecular weight is 571 g/mol. The van der Waals surface area contributed by atoms with E-state index >= 15 is 0 Å². The number of benzene rings is 2. The number of hydrogen-bond acceptors (Lipinski definition) is 5. The first-order valence-electron chi connectivity index (χ1n) is 12.9. The predicted molar refractivity (Wildman–Crippen MR) is 142 cm³/mol. The van der Waals surface area contributed by atoms with E-state index in [-0.39, 0.29) is 36.1 Å². The number of anilines is 1. The fraction of sp³-hybridized carbons (Fsp3) is 0.379. The van der Waals surface area contributed by atoms with Crippen LogP contribution in [0, 0.1) is 23.6 Å². The molecule has 7 nitrogen and oxygen atoms in total. The average Bonchev–Trinajstić information content (AvgIpc) is 3.23. The number of amides is 4. The van der Waals surface area contributed by atoms with Gasteiger partial charge in [0.1, 0.15) is 11.6 Å². The number of phenolic OH excluding ortho intramolecular Hbond substituents is 1. The molecule has 0 bridgehead atoms. The van der Waals surface area contributed by atoms with E-state index in [2.05, 4.69) is 0 Å². The Labute approximate surface area is 234 Å². The zero-order chi connectivity index (χ0) is 27.9. The van der Waals surface area contributed by atoms with Crippen LogP contribution in [0.5, 0.6) is 5.75 Å². The van der Waals surface area contributed by atoms with Gasteiger partial charge < -0.3 is 5.11 Å². The first-order chi connectivity index (χ1) is 18.5. The van der Waals surface area contributed by atoms with Gasteiger partial charge >= 0.3 is 0 Å². The fourth-order valence-corrected chi connectivity index (χ4v) is 7.92. The number of allylic oxidation sites excluding steroid dienone is 2. The van der Waals surface area contributed by atoms with Crippen molar-refractivity contribution in [2.24, 2.45) is 17.8 Å². The first-order valence-corrected chi connectivity index (χ1v) is 13.7. The molecule has 6 atom stereocenters. The summed E-state index contributed by atoms with van der Waals surface area (Å²) in [5.41, 5.74) is 1.22. The van der Waals surface area contributed by atoms with Crippen molar-refractivity contribution >= 4 is 52.5 Å². The number of hydrogen-bond donors (Lipinski definition) is 1. The molecule has 2 aliphatic carbocycles. The second-order valence-electron chi connectivity index (χ2n) is 10.7. The minimum absolute atomic E-state index is 0.0715. The van der Waals surface area contributed by atoms with E-state index in [1.807, 2.05) is 13.0 Å². The van der Waals surface area contributed by atoms with Gasteiger partial charge in [-0.05, 0) is 67.1 Å². The lowest BCUT2D eigenvalue weighted by molar-refractivity contribution is -0.140. The van der Waals surface area contributed by atoms with Gasteiger partial charge in [-0.3, -0.25) is 24.1 Å². The van der Waals surface area contributed by atoms with Crippen LogP contribution in [0.3, 0.4) is 0 Å². The summed E-state index contributed by atoms with van der Waals surface area (Å²) in [5, 5.41) is 10.3. The van der Waals surface area contributed by atoms with Gasteiger partial charge in [-0.1, -0.05) is 30.7 Å². The molecule has 2 heterocycles. The van der Waals surface area contributed by atoms with E-state index in [1.165, 1.54) is 29.2 Å². The normalized spacial score (nSPS) is 33.7. The first kappa shape index (κ1) is 26.0. The molecule has 2 aromatic rings. The lowest BCUT2D eigenvalue weighted by Crippen LogP contribution is -2.60. The largest absolute Gasteiger partial charge is 0.508 e. The summed E-state index contributed by atoms with van der Waals surface area (Å²) in [6.45, 7) is 2.18. The Morgan fingerprint density at radius 2 is 1.72 bits per heavy atom. The number of carbonyl (C=O) groups is 4. The van der Waals surface area contributed by atoms with Crippen LogP contribution >= 0.6 is 23.2 Å². The maximum Gasteiger partial charge on any atom is 0.258 e. The number of likely N-dealkylation sites (tertiary alicyclic amines) is 1. The van der Waals surface area contributed by atoms with E-state index in [4.69, 9.17) is 23.2 Å². The standard InChI is InChI=1S/C29H25Cl2FN2O5/c1-2-12-33-24(36)20-11-10-19-21(22(20)25(33)37)14-28(30)26(38)34(17-8-6-16(32)7-9-17)27(39)29(28,31)23(19)15-4-3-5-18(35)13-15/h3-10,13,20-23,35H,2,11-12,14H2,1H3. The zero-order valence-electron chi connectivity index (χ0n) is 20.9. The number of halogens is 3. The van der Waals surface area contributed by atoms with Crippen LogP contribution in [0.25, 0.3) is 0 Å². The van der Waals surface area contributed by atoms with E-state index in [0.29, 0.717) is 24.1 Å². The molecule has 3 fully saturated rings. The van der Waals surface area contributed by atoms with E-state index in [0.717, 1.165) is 17.0 Å². The molecule has 1 N–H and O–H groups in total. The van der Waals surface area contributed by atoms with Crippen molar-refractivity contribution in [2.45, 2.75) is 41.9 Å². The van der Waals surface area contributed by atoms with Crippen LogP contribution in [0.1, 0.15) is 37.7 Å². The van der Waals surface area contributed by atoms with E-state index in [1.54, 1.807) is 12.1 Å². The van der Waals surface area contributed by atoms with Crippen LogP contribution in [0.2, 0.25) is 0 Å². The van der Waals surface area contributed by atoms with Gasteiger partial charge in [0.2, 0.25) is 11.8 Å². The van der Waals surface area contributed by atoms with Crippen molar-refractivity contribution in [1.82, 2.24) is 4.90 Å². The summed E-state index contributed by atoms with van der Waals surface area (Å²) >= 11 is 14.5. The van der Waals surface area contributed by atoms with Gasteiger partial charge in [0.05, 0.1) is 17.5 Å². The van der Waals surface area contributed by atoms with Gasteiger partial charge in [0, 0.05) is 12.5 Å². The number of alkyl halides is 2. The van der Waals surface area contributed by atoms with Gasteiger partial charge in [0.15, 0.2) is 9.75 Å². The summed E-state index contributed by atoms with van der Waals surface area (Å²) in [4.78, 5) is 53.2. The molecule has 39 heavy (non-hydrogen) atoms. The molecule has 1 saturated carbocycles. The number of carbonyl (C=O) groups excluding carboxylic acids is 4. The smallest absolute Gasteiger partial charge is 0.258 e.